The van der Waals surface area contributed by atoms with Crippen molar-refractivity contribution in [2.45, 2.75) is 13.8 Å². The van der Waals surface area contributed by atoms with Gasteiger partial charge in [-0.3, -0.25) is 10.1 Å². The largest absolute Gasteiger partial charge is 0.450 e. The molecule has 6 nitrogen and oxygen atoms in total. The van der Waals surface area contributed by atoms with Crippen LogP contribution in [0, 0.1) is 24.0 Å². The molecule has 0 atom stereocenters. The fourth-order valence-electron chi connectivity index (χ4n) is 1.91. The highest BCUT2D eigenvalue weighted by Crippen LogP contribution is 2.34. The van der Waals surface area contributed by atoms with E-state index in [1.165, 1.54) is 19.4 Å². The number of benzene rings is 2. The molecule has 0 aliphatic heterocycles. The second kappa shape index (κ2) is 6.71. The molecule has 0 amide bonds. The Hall–Kier alpha value is -2.89. The first-order valence-corrected chi connectivity index (χ1v) is 6.62. The van der Waals surface area contributed by atoms with Crippen LogP contribution in [0.25, 0.3) is 0 Å². The Kier molecular flexibility index (Phi) is 4.73. The molecule has 0 aliphatic rings. The first-order valence-electron chi connectivity index (χ1n) is 6.62. The quantitative estimate of drug-likeness (QED) is 0.475. The van der Waals surface area contributed by atoms with Gasteiger partial charge in [0, 0.05) is 11.6 Å². The Labute approximate surface area is 128 Å². The molecule has 0 aromatic heterocycles. The van der Waals surface area contributed by atoms with Crippen LogP contribution in [0.2, 0.25) is 0 Å². The highest BCUT2D eigenvalue weighted by Gasteiger charge is 2.17. The van der Waals surface area contributed by atoms with E-state index in [4.69, 9.17) is 4.74 Å². The maximum Gasteiger partial charge on any atom is 0.312 e. The lowest BCUT2D eigenvalue weighted by atomic mass is 10.1. The topological polar surface area (TPSA) is 74.0 Å². The molecule has 22 heavy (non-hydrogen) atoms. The van der Waals surface area contributed by atoms with E-state index in [0.29, 0.717) is 11.3 Å². The predicted molar refractivity (Wildman–Crippen MR) is 83.7 cm³/mol. The van der Waals surface area contributed by atoms with Crippen molar-refractivity contribution in [3.63, 3.8) is 0 Å². The molecule has 0 N–H and O–H groups in total. The van der Waals surface area contributed by atoms with E-state index in [9.17, 15) is 10.1 Å². The summed E-state index contributed by atoms with van der Waals surface area (Å²) in [6.07, 6.45) is 1.40. The third-order valence-electron chi connectivity index (χ3n) is 3.26. The minimum Gasteiger partial charge on any atom is -0.450 e. The Morgan fingerprint density at radius 3 is 2.64 bits per heavy atom. The van der Waals surface area contributed by atoms with Crippen LogP contribution >= 0.6 is 0 Å². The van der Waals surface area contributed by atoms with Gasteiger partial charge in [0.15, 0.2) is 0 Å². The van der Waals surface area contributed by atoms with Crippen LogP contribution in [-0.2, 0) is 4.84 Å². The molecule has 2 aromatic rings. The zero-order chi connectivity index (χ0) is 16.1. The van der Waals surface area contributed by atoms with E-state index in [2.05, 4.69) is 9.99 Å². The summed E-state index contributed by atoms with van der Waals surface area (Å²) < 4.78 is 5.72. The number of hydrogen-bond acceptors (Lipinski definition) is 5. The molecule has 0 saturated carbocycles. The van der Waals surface area contributed by atoms with Crippen LogP contribution < -0.4 is 4.74 Å². The van der Waals surface area contributed by atoms with Crippen LogP contribution in [-0.4, -0.2) is 18.2 Å². The first-order chi connectivity index (χ1) is 10.5. The fraction of sp³-hybridized carbons (Fsp3) is 0.188. The van der Waals surface area contributed by atoms with E-state index in [0.717, 1.165) is 11.1 Å². The summed E-state index contributed by atoms with van der Waals surface area (Å²) in [5, 5.41) is 14.8. The molecule has 0 fully saturated rings. The second-order valence-corrected chi connectivity index (χ2v) is 4.70. The molecular weight excluding hydrogens is 284 g/mol. The van der Waals surface area contributed by atoms with Crippen LogP contribution in [0.15, 0.2) is 41.6 Å². The number of rotatable bonds is 5. The molecule has 0 bridgehead atoms. The molecular formula is C16H16N2O4. The van der Waals surface area contributed by atoms with Gasteiger partial charge in [-0.2, -0.15) is 0 Å². The summed E-state index contributed by atoms with van der Waals surface area (Å²) in [4.78, 5) is 15.3. The van der Waals surface area contributed by atoms with Crippen molar-refractivity contribution in [3.8, 4) is 11.5 Å². The van der Waals surface area contributed by atoms with Crippen LogP contribution in [0.4, 0.5) is 5.69 Å². The molecule has 0 radical (unpaired) electrons. The zero-order valence-corrected chi connectivity index (χ0v) is 12.6. The Morgan fingerprint density at radius 1 is 1.18 bits per heavy atom. The van der Waals surface area contributed by atoms with E-state index < -0.39 is 4.92 Å². The number of hydrogen-bond donors (Lipinski definition) is 0. The predicted octanol–water partition coefficient (Wildman–Crippen LogP) is 3.98. The van der Waals surface area contributed by atoms with Crippen LogP contribution in [0.1, 0.15) is 16.7 Å². The third kappa shape index (κ3) is 3.41. The third-order valence-corrected chi connectivity index (χ3v) is 3.26. The van der Waals surface area contributed by atoms with Gasteiger partial charge in [0.25, 0.3) is 0 Å². The van der Waals surface area contributed by atoms with Gasteiger partial charge in [0.05, 0.1) is 11.1 Å². The van der Waals surface area contributed by atoms with E-state index >= 15 is 0 Å². The van der Waals surface area contributed by atoms with Gasteiger partial charge >= 0.3 is 5.69 Å². The highest BCUT2D eigenvalue weighted by atomic mass is 16.6. The van der Waals surface area contributed by atoms with Crippen LogP contribution in [0.3, 0.4) is 0 Å². The summed E-state index contributed by atoms with van der Waals surface area (Å²) >= 11 is 0. The zero-order valence-electron chi connectivity index (χ0n) is 12.6. The van der Waals surface area contributed by atoms with Crippen molar-refractivity contribution in [2.24, 2.45) is 5.16 Å². The van der Waals surface area contributed by atoms with Gasteiger partial charge in [-0.05, 0) is 43.2 Å². The van der Waals surface area contributed by atoms with Crippen LogP contribution in [0.5, 0.6) is 11.5 Å². The minimum absolute atomic E-state index is 0.124. The molecule has 2 rings (SSSR count). The second-order valence-electron chi connectivity index (χ2n) is 4.70. The number of oxime groups is 1. The number of nitro groups is 1. The Morgan fingerprint density at radius 2 is 1.95 bits per heavy atom. The smallest absolute Gasteiger partial charge is 0.312 e. The molecule has 2 aromatic carbocycles. The summed E-state index contributed by atoms with van der Waals surface area (Å²) in [5.74, 6) is 0.787. The van der Waals surface area contributed by atoms with Crippen molar-refractivity contribution < 1.29 is 14.5 Å². The summed E-state index contributed by atoms with van der Waals surface area (Å²) in [6, 6.07) is 10.2. The maximum atomic E-state index is 11.2. The Balaban J connectivity index is 2.40. The van der Waals surface area contributed by atoms with Crippen molar-refractivity contribution in [3.05, 3.63) is 63.2 Å². The SMILES string of the molecule is CO/N=C/c1ccc(Oc2cccc(C)c2C)c([N+](=O)[O-])c1. The molecule has 6 heteroatoms. The van der Waals surface area contributed by atoms with E-state index in [1.54, 1.807) is 18.2 Å². The van der Waals surface area contributed by atoms with Crippen molar-refractivity contribution in [1.29, 1.82) is 0 Å². The highest BCUT2D eigenvalue weighted by molar-refractivity contribution is 5.81. The fourth-order valence-corrected chi connectivity index (χ4v) is 1.91. The van der Waals surface area contributed by atoms with Gasteiger partial charge in [0.2, 0.25) is 5.75 Å². The van der Waals surface area contributed by atoms with E-state index in [-0.39, 0.29) is 11.4 Å². The average molecular weight is 300 g/mol. The normalized spacial score (nSPS) is 10.7. The standard InChI is InChI=1S/C16H16N2O4/c1-11-5-4-6-15(12(11)2)22-16-8-7-13(10-17-21-3)9-14(16)18(19)20/h4-10H,1-3H3/b17-10+. The van der Waals surface area contributed by atoms with Crippen molar-refractivity contribution in [2.75, 3.05) is 7.11 Å². The molecule has 0 saturated heterocycles. The maximum absolute atomic E-state index is 11.2. The summed E-state index contributed by atoms with van der Waals surface area (Å²) in [7, 11) is 1.41. The van der Waals surface area contributed by atoms with Crippen molar-refractivity contribution >= 4 is 11.9 Å². The molecule has 0 spiro atoms. The van der Waals surface area contributed by atoms with Gasteiger partial charge in [0.1, 0.15) is 12.9 Å². The molecule has 0 heterocycles. The molecule has 0 unspecified atom stereocenters. The lowest BCUT2D eigenvalue weighted by Gasteiger charge is -2.11. The Bertz CT molecular complexity index is 726. The number of nitrogens with zero attached hydrogens (tertiary/aromatic N) is 2. The number of nitro benzene ring substituents is 1. The van der Waals surface area contributed by atoms with Crippen molar-refractivity contribution in [1.82, 2.24) is 0 Å². The number of ether oxygens (including phenoxy) is 1. The summed E-state index contributed by atoms with van der Waals surface area (Å²) in [6.45, 7) is 3.87. The van der Waals surface area contributed by atoms with Gasteiger partial charge in [-0.15, -0.1) is 0 Å². The van der Waals surface area contributed by atoms with Gasteiger partial charge < -0.3 is 9.57 Å². The molecule has 0 aliphatic carbocycles. The first kappa shape index (κ1) is 15.5. The monoisotopic (exact) mass is 300 g/mol. The lowest BCUT2D eigenvalue weighted by molar-refractivity contribution is -0.385. The number of aryl methyl sites for hydroxylation is 1. The van der Waals surface area contributed by atoms with Gasteiger partial charge in [-0.1, -0.05) is 17.3 Å². The molecule has 114 valence electrons. The van der Waals surface area contributed by atoms with Gasteiger partial charge in [-0.25, -0.2) is 0 Å². The average Bonchev–Trinajstić information content (AvgIpc) is 2.50. The van der Waals surface area contributed by atoms with E-state index in [1.807, 2.05) is 26.0 Å². The lowest BCUT2D eigenvalue weighted by Crippen LogP contribution is -1.97. The minimum atomic E-state index is -0.482. The summed E-state index contributed by atoms with van der Waals surface area (Å²) in [5.41, 5.74) is 2.44.